The number of carbonyl (C=O) groups excluding carboxylic acids is 1. The Morgan fingerprint density at radius 3 is 2.86 bits per heavy atom. The third-order valence-electron chi connectivity index (χ3n) is 3.94. The maximum atomic E-state index is 12.3. The first-order valence-corrected chi connectivity index (χ1v) is 7.85. The molecule has 22 heavy (non-hydrogen) atoms. The van der Waals surface area contributed by atoms with Crippen LogP contribution in [0.3, 0.4) is 0 Å². The molecule has 0 aliphatic heterocycles. The van der Waals surface area contributed by atoms with Gasteiger partial charge in [-0.25, -0.2) is 0 Å². The van der Waals surface area contributed by atoms with Gasteiger partial charge in [0.2, 0.25) is 0 Å². The summed E-state index contributed by atoms with van der Waals surface area (Å²) < 4.78 is 5.02. The van der Waals surface area contributed by atoms with Gasteiger partial charge in [-0.3, -0.25) is 4.79 Å². The van der Waals surface area contributed by atoms with Gasteiger partial charge in [-0.05, 0) is 42.5 Å². The van der Waals surface area contributed by atoms with Crippen LogP contribution in [0.2, 0.25) is 5.02 Å². The van der Waals surface area contributed by atoms with E-state index in [4.69, 9.17) is 16.3 Å². The smallest absolute Gasteiger partial charge is 0.309 e. The molecule has 116 valence electrons. The van der Waals surface area contributed by atoms with Gasteiger partial charge < -0.3 is 4.74 Å². The number of allylic oxidation sites excluding steroid dienone is 5. The maximum absolute atomic E-state index is 12.3. The summed E-state index contributed by atoms with van der Waals surface area (Å²) in [5.74, 6) is -0.567. The summed E-state index contributed by atoms with van der Waals surface area (Å²) in [5.41, 5.74) is 2.16. The summed E-state index contributed by atoms with van der Waals surface area (Å²) in [6.07, 6.45) is 10.9. The Balaban J connectivity index is 2.28. The summed E-state index contributed by atoms with van der Waals surface area (Å²) in [7, 11) is 1.43. The minimum Gasteiger partial charge on any atom is -0.469 e. The molecule has 0 aromatic heterocycles. The lowest BCUT2D eigenvalue weighted by atomic mass is 9.80. The average Bonchev–Trinajstić information content (AvgIpc) is 2.55. The first-order chi connectivity index (χ1) is 10.7. The monoisotopic (exact) mass is 316 g/mol. The number of methoxy groups -OCH3 is 1. The number of carbonyl (C=O) groups is 1. The normalized spacial score (nSPS) is 16.5. The van der Waals surface area contributed by atoms with Crippen LogP contribution in [-0.2, 0) is 16.0 Å². The number of halogens is 1. The van der Waals surface area contributed by atoms with Crippen LogP contribution in [0.5, 0.6) is 0 Å². The van der Waals surface area contributed by atoms with E-state index in [1.165, 1.54) is 7.11 Å². The van der Waals surface area contributed by atoms with Crippen LogP contribution < -0.4 is 0 Å². The van der Waals surface area contributed by atoms with Crippen LogP contribution in [0, 0.1) is 11.8 Å². The molecule has 2 atom stereocenters. The van der Waals surface area contributed by atoms with Gasteiger partial charge in [-0.1, -0.05) is 48.0 Å². The summed E-state index contributed by atoms with van der Waals surface area (Å²) in [6, 6.07) is 7.60. The zero-order chi connectivity index (χ0) is 15.9. The number of ether oxygens (including phenoxy) is 1. The van der Waals surface area contributed by atoms with Crippen molar-refractivity contribution in [1.29, 1.82) is 0 Å². The number of hydrogen-bond acceptors (Lipinski definition) is 2. The summed E-state index contributed by atoms with van der Waals surface area (Å²) in [4.78, 5) is 12.3. The highest BCUT2D eigenvalue weighted by molar-refractivity contribution is 6.30. The summed E-state index contributed by atoms with van der Waals surface area (Å²) in [6.45, 7) is 3.92. The molecule has 1 aliphatic carbocycles. The van der Waals surface area contributed by atoms with E-state index >= 15 is 0 Å². The molecule has 0 spiro atoms. The van der Waals surface area contributed by atoms with Crippen molar-refractivity contribution in [2.75, 3.05) is 7.11 Å². The van der Waals surface area contributed by atoms with Gasteiger partial charge in [-0.15, -0.1) is 6.58 Å². The Labute approximate surface area is 137 Å². The van der Waals surface area contributed by atoms with Crippen molar-refractivity contribution in [1.82, 2.24) is 0 Å². The molecule has 3 heteroatoms. The highest BCUT2D eigenvalue weighted by Crippen LogP contribution is 2.30. The molecular weight excluding hydrogens is 296 g/mol. The summed E-state index contributed by atoms with van der Waals surface area (Å²) >= 11 is 6.05. The van der Waals surface area contributed by atoms with Gasteiger partial charge in [0.1, 0.15) is 0 Å². The van der Waals surface area contributed by atoms with E-state index in [-0.39, 0.29) is 17.8 Å². The molecular formula is C19H21ClO2. The van der Waals surface area contributed by atoms with E-state index < -0.39 is 0 Å². The number of esters is 1. The third kappa shape index (κ3) is 4.11. The van der Waals surface area contributed by atoms with E-state index in [0.717, 1.165) is 24.0 Å². The Kier molecular flexibility index (Phi) is 6.02. The molecule has 0 heterocycles. The standard InChI is InChI=1S/C19H21ClO2/c1-3-17(15-9-5-4-6-10-15)18(19(21)22-2)13-14-8-7-11-16(20)12-14/h3,5,7-12,17-18H,1,4,6,13H2,2H3/t17-,18+/m1/s1. The first-order valence-electron chi connectivity index (χ1n) is 7.47. The molecule has 0 radical (unpaired) electrons. The Morgan fingerprint density at radius 1 is 1.45 bits per heavy atom. The number of benzene rings is 1. The predicted molar refractivity (Wildman–Crippen MR) is 90.8 cm³/mol. The van der Waals surface area contributed by atoms with Gasteiger partial charge in [0.15, 0.2) is 0 Å². The third-order valence-corrected chi connectivity index (χ3v) is 4.18. The van der Waals surface area contributed by atoms with Crippen molar-refractivity contribution in [3.8, 4) is 0 Å². The summed E-state index contributed by atoms with van der Waals surface area (Å²) in [5, 5.41) is 0.674. The van der Waals surface area contributed by atoms with Gasteiger partial charge in [0.05, 0.1) is 13.0 Å². The fourth-order valence-corrected chi connectivity index (χ4v) is 3.05. The van der Waals surface area contributed by atoms with Crippen molar-refractivity contribution >= 4 is 17.6 Å². The van der Waals surface area contributed by atoms with Gasteiger partial charge in [0, 0.05) is 10.9 Å². The highest BCUT2D eigenvalue weighted by Gasteiger charge is 2.29. The van der Waals surface area contributed by atoms with E-state index in [9.17, 15) is 4.79 Å². The van der Waals surface area contributed by atoms with E-state index in [0.29, 0.717) is 11.4 Å². The SMILES string of the molecule is C=C[C@H](C1=CCCC=C1)[C@H](Cc1cccc(Cl)c1)C(=O)OC. The van der Waals surface area contributed by atoms with Crippen LogP contribution in [-0.4, -0.2) is 13.1 Å². The highest BCUT2D eigenvalue weighted by atomic mass is 35.5. The van der Waals surface area contributed by atoms with Gasteiger partial charge in [-0.2, -0.15) is 0 Å². The second-order valence-electron chi connectivity index (χ2n) is 5.41. The molecule has 0 bridgehead atoms. The van der Waals surface area contributed by atoms with Crippen molar-refractivity contribution in [2.24, 2.45) is 11.8 Å². The van der Waals surface area contributed by atoms with Crippen LogP contribution in [0.15, 0.2) is 60.7 Å². The van der Waals surface area contributed by atoms with Crippen molar-refractivity contribution in [2.45, 2.75) is 19.3 Å². The first kappa shape index (κ1) is 16.6. The second kappa shape index (κ2) is 8.00. The molecule has 2 rings (SSSR count). The molecule has 0 saturated heterocycles. The van der Waals surface area contributed by atoms with Crippen LogP contribution in [0.25, 0.3) is 0 Å². The zero-order valence-corrected chi connectivity index (χ0v) is 13.6. The molecule has 1 aliphatic rings. The van der Waals surface area contributed by atoms with Gasteiger partial charge in [0.25, 0.3) is 0 Å². The number of rotatable bonds is 6. The molecule has 1 aromatic carbocycles. The Bertz CT molecular complexity index is 601. The lowest BCUT2D eigenvalue weighted by molar-refractivity contribution is -0.146. The van der Waals surface area contributed by atoms with Crippen molar-refractivity contribution in [3.05, 3.63) is 71.3 Å². The van der Waals surface area contributed by atoms with Crippen LogP contribution in [0.1, 0.15) is 18.4 Å². The predicted octanol–water partition coefficient (Wildman–Crippen LogP) is 4.75. The minimum atomic E-state index is -0.296. The van der Waals surface area contributed by atoms with E-state index in [2.05, 4.69) is 24.8 Å². The molecule has 0 fully saturated rings. The number of hydrogen-bond donors (Lipinski definition) is 0. The largest absolute Gasteiger partial charge is 0.469 e. The molecule has 0 amide bonds. The quantitative estimate of drug-likeness (QED) is 0.559. The Hall–Kier alpha value is -1.80. The second-order valence-corrected chi connectivity index (χ2v) is 5.85. The maximum Gasteiger partial charge on any atom is 0.309 e. The van der Waals surface area contributed by atoms with Gasteiger partial charge >= 0.3 is 5.97 Å². The van der Waals surface area contributed by atoms with E-state index in [1.807, 2.05) is 30.3 Å². The fourth-order valence-electron chi connectivity index (χ4n) is 2.84. The van der Waals surface area contributed by atoms with Crippen LogP contribution >= 0.6 is 11.6 Å². The average molecular weight is 317 g/mol. The lowest BCUT2D eigenvalue weighted by Gasteiger charge is -2.25. The zero-order valence-electron chi connectivity index (χ0n) is 12.8. The molecule has 0 saturated carbocycles. The van der Waals surface area contributed by atoms with E-state index in [1.54, 1.807) is 0 Å². The molecule has 0 unspecified atom stereocenters. The van der Waals surface area contributed by atoms with Crippen LogP contribution in [0.4, 0.5) is 0 Å². The minimum absolute atomic E-state index is 0.0528. The molecule has 1 aromatic rings. The lowest BCUT2D eigenvalue weighted by Crippen LogP contribution is -2.27. The molecule has 2 nitrogen and oxygen atoms in total. The van der Waals surface area contributed by atoms with Crippen molar-refractivity contribution in [3.63, 3.8) is 0 Å². The Morgan fingerprint density at radius 2 is 2.27 bits per heavy atom. The fraction of sp³-hybridized carbons (Fsp3) is 0.316. The molecule has 0 N–H and O–H groups in total. The van der Waals surface area contributed by atoms with Crippen molar-refractivity contribution < 1.29 is 9.53 Å². The topological polar surface area (TPSA) is 26.3 Å².